The first-order chi connectivity index (χ1) is 8.23. The Labute approximate surface area is 135 Å². The van der Waals surface area contributed by atoms with Crippen molar-refractivity contribution in [3.8, 4) is 5.75 Å². The number of esters is 1. The molecule has 7 heteroatoms. The van der Waals surface area contributed by atoms with Crippen molar-refractivity contribution in [1.82, 2.24) is 0 Å². The molecule has 3 N–H and O–H groups in total. The number of benzene rings is 1. The van der Waals surface area contributed by atoms with Gasteiger partial charge in [-0.15, -0.1) is 12.4 Å². The van der Waals surface area contributed by atoms with Gasteiger partial charge in [-0.1, -0.05) is 15.9 Å². The molecule has 0 aromatic heterocycles. The number of carbonyl (C=O) groups excluding carboxylic acids is 1. The topological polar surface area (TPSA) is 72.5 Å². The quantitative estimate of drug-likeness (QED) is 0.738. The van der Waals surface area contributed by atoms with E-state index in [1.807, 2.05) is 0 Å². The van der Waals surface area contributed by atoms with Crippen LogP contribution in [0.15, 0.2) is 21.1 Å². The van der Waals surface area contributed by atoms with Gasteiger partial charge in [0.15, 0.2) is 0 Å². The molecule has 0 spiro atoms. The van der Waals surface area contributed by atoms with Crippen molar-refractivity contribution < 1.29 is 14.6 Å². The Morgan fingerprint density at radius 2 is 1.84 bits per heavy atom. The van der Waals surface area contributed by atoms with Crippen molar-refractivity contribution in [3.63, 3.8) is 0 Å². The molecule has 1 rings (SSSR count). The van der Waals surface area contributed by atoms with Gasteiger partial charge in [0.2, 0.25) is 0 Å². The van der Waals surface area contributed by atoms with Crippen LogP contribution in [0, 0.1) is 5.41 Å². The van der Waals surface area contributed by atoms with Gasteiger partial charge in [0.1, 0.15) is 5.75 Å². The van der Waals surface area contributed by atoms with Crippen LogP contribution in [0.1, 0.15) is 25.5 Å². The van der Waals surface area contributed by atoms with Crippen molar-refractivity contribution >= 4 is 50.2 Å². The fraction of sp³-hybridized carbons (Fsp3) is 0.417. The second-order valence-electron chi connectivity index (χ2n) is 4.48. The van der Waals surface area contributed by atoms with E-state index in [0.29, 0.717) is 14.5 Å². The van der Waals surface area contributed by atoms with E-state index in [0.717, 1.165) is 0 Å². The molecule has 1 aromatic carbocycles. The van der Waals surface area contributed by atoms with Crippen LogP contribution in [0.5, 0.6) is 5.75 Å². The van der Waals surface area contributed by atoms with E-state index in [9.17, 15) is 9.90 Å². The maximum absolute atomic E-state index is 11.7. The number of halogens is 3. The molecule has 0 aliphatic carbocycles. The lowest BCUT2D eigenvalue weighted by Gasteiger charge is -2.30. The number of hydrogen-bond acceptors (Lipinski definition) is 4. The lowest BCUT2D eigenvalue weighted by molar-refractivity contribution is -0.152. The molecule has 0 amide bonds. The normalized spacial score (nSPS) is 12.5. The molecule has 1 atom stereocenters. The molecule has 108 valence electrons. The Kier molecular flexibility index (Phi) is 6.82. The molecule has 4 nitrogen and oxygen atoms in total. The second-order valence-corrected chi connectivity index (χ2v) is 6.19. The highest BCUT2D eigenvalue weighted by Gasteiger charge is 2.39. The molecule has 19 heavy (non-hydrogen) atoms. The van der Waals surface area contributed by atoms with Crippen molar-refractivity contribution in [2.75, 3.05) is 7.11 Å². The summed E-state index contributed by atoms with van der Waals surface area (Å²) < 4.78 is 5.91. The number of rotatable bonds is 3. The number of aromatic hydroxyl groups is 1. The molecule has 0 radical (unpaired) electrons. The Morgan fingerprint density at radius 3 is 2.32 bits per heavy atom. The minimum absolute atomic E-state index is 0. The Bertz CT molecular complexity index is 480. The number of ether oxygens (including phenoxy) is 1. The molecule has 0 fully saturated rings. The smallest absolute Gasteiger partial charge is 0.313 e. The molecule has 0 saturated carbocycles. The van der Waals surface area contributed by atoms with Crippen molar-refractivity contribution in [3.05, 3.63) is 26.6 Å². The summed E-state index contributed by atoms with van der Waals surface area (Å²) in [6.45, 7) is 3.35. The van der Waals surface area contributed by atoms with E-state index < -0.39 is 17.4 Å². The largest absolute Gasteiger partial charge is 0.506 e. The molecular weight excluding hydrogens is 401 g/mol. The minimum Gasteiger partial charge on any atom is -0.506 e. The SMILES string of the molecule is COC(=O)C(C)(C)[C@H](N)c1c(Br)ccc(Br)c1O.Cl. The predicted octanol–water partition coefficient (Wildman–Crippen LogP) is 3.54. The third kappa shape index (κ3) is 3.62. The van der Waals surface area contributed by atoms with Crippen LogP contribution in [0.2, 0.25) is 0 Å². The van der Waals surface area contributed by atoms with Gasteiger partial charge >= 0.3 is 5.97 Å². The van der Waals surface area contributed by atoms with E-state index in [1.165, 1.54) is 7.11 Å². The van der Waals surface area contributed by atoms with E-state index in [-0.39, 0.29) is 18.2 Å². The van der Waals surface area contributed by atoms with E-state index >= 15 is 0 Å². The summed E-state index contributed by atoms with van der Waals surface area (Å²) in [7, 11) is 1.31. The van der Waals surface area contributed by atoms with Crippen LogP contribution in [-0.4, -0.2) is 18.2 Å². The summed E-state index contributed by atoms with van der Waals surface area (Å²) in [5, 5.41) is 10.1. The van der Waals surface area contributed by atoms with Gasteiger partial charge in [-0.05, 0) is 41.9 Å². The fourth-order valence-electron chi connectivity index (χ4n) is 1.60. The molecule has 0 bridgehead atoms. The third-order valence-electron chi connectivity index (χ3n) is 2.91. The highest BCUT2D eigenvalue weighted by Crippen LogP contribution is 2.43. The minimum atomic E-state index is -0.949. The number of phenolic OH excluding ortho intramolecular Hbond substituents is 1. The molecule has 0 heterocycles. The van der Waals surface area contributed by atoms with Gasteiger partial charge in [0.05, 0.1) is 23.0 Å². The summed E-state index contributed by atoms with van der Waals surface area (Å²) in [6, 6.07) is 2.75. The second kappa shape index (κ2) is 6.92. The van der Waals surface area contributed by atoms with Gasteiger partial charge in [-0.25, -0.2) is 0 Å². The Hall–Kier alpha value is -0.300. The fourth-order valence-corrected chi connectivity index (χ4v) is 2.52. The first-order valence-corrected chi connectivity index (χ1v) is 6.83. The van der Waals surface area contributed by atoms with Crippen LogP contribution in [0.25, 0.3) is 0 Å². The summed E-state index contributed by atoms with van der Waals surface area (Å²) >= 11 is 6.56. The first kappa shape index (κ1) is 18.7. The van der Waals surface area contributed by atoms with Crippen LogP contribution < -0.4 is 5.73 Å². The lowest BCUT2D eigenvalue weighted by atomic mass is 9.80. The summed E-state index contributed by atoms with van der Waals surface area (Å²) in [4.78, 5) is 11.7. The average molecular weight is 418 g/mol. The van der Waals surface area contributed by atoms with Crippen LogP contribution in [0.4, 0.5) is 0 Å². The molecule has 0 unspecified atom stereocenters. The highest BCUT2D eigenvalue weighted by molar-refractivity contribution is 9.11. The van der Waals surface area contributed by atoms with Crippen LogP contribution in [0.3, 0.4) is 0 Å². The highest BCUT2D eigenvalue weighted by atomic mass is 79.9. The zero-order valence-corrected chi connectivity index (χ0v) is 14.7. The van der Waals surface area contributed by atoms with Gasteiger partial charge in [0.25, 0.3) is 0 Å². The van der Waals surface area contributed by atoms with E-state index in [1.54, 1.807) is 26.0 Å². The molecular formula is C12H16Br2ClNO3. The van der Waals surface area contributed by atoms with Gasteiger partial charge in [-0.3, -0.25) is 4.79 Å². The van der Waals surface area contributed by atoms with E-state index in [4.69, 9.17) is 10.5 Å². The average Bonchev–Trinajstić information content (AvgIpc) is 2.33. The van der Waals surface area contributed by atoms with Gasteiger partial charge < -0.3 is 15.6 Å². The molecule has 1 aromatic rings. The van der Waals surface area contributed by atoms with E-state index in [2.05, 4.69) is 31.9 Å². The number of nitrogens with two attached hydrogens (primary N) is 1. The van der Waals surface area contributed by atoms with Gasteiger partial charge in [-0.2, -0.15) is 0 Å². The van der Waals surface area contributed by atoms with Crippen molar-refractivity contribution in [2.24, 2.45) is 11.1 Å². The number of methoxy groups -OCH3 is 1. The summed E-state index contributed by atoms with van der Waals surface area (Å²) in [5.74, 6) is -0.407. The number of hydrogen-bond donors (Lipinski definition) is 2. The summed E-state index contributed by atoms with van der Waals surface area (Å²) in [5.41, 5.74) is 5.63. The van der Waals surface area contributed by atoms with Gasteiger partial charge in [0, 0.05) is 10.0 Å². The zero-order valence-electron chi connectivity index (χ0n) is 10.7. The number of phenols is 1. The summed E-state index contributed by atoms with van der Waals surface area (Å²) in [6.07, 6.45) is 0. The maximum atomic E-state index is 11.7. The number of carbonyl (C=O) groups is 1. The zero-order chi connectivity index (χ0) is 14.1. The maximum Gasteiger partial charge on any atom is 0.313 e. The van der Waals surface area contributed by atoms with Crippen molar-refractivity contribution in [1.29, 1.82) is 0 Å². The third-order valence-corrected chi connectivity index (χ3v) is 4.25. The molecule has 0 saturated heterocycles. The van der Waals surface area contributed by atoms with Crippen LogP contribution in [-0.2, 0) is 9.53 Å². The van der Waals surface area contributed by atoms with Crippen molar-refractivity contribution in [2.45, 2.75) is 19.9 Å². The lowest BCUT2D eigenvalue weighted by Crippen LogP contribution is -2.37. The first-order valence-electron chi connectivity index (χ1n) is 5.24. The molecule has 0 aliphatic rings. The molecule has 0 aliphatic heterocycles. The van der Waals surface area contributed by atoms with Crippen LogP contribution >= 0.6 is 44.3 Å². The Balaban J connectivity index is 0.00000324. The standard InChI is InChI=1S/C12H15Br2NO3.ClH/c1-12(2,11(17)18-3)10(15)8-6(13)4-5-7(14)9(8)16;/h4-5,10,16H,15H2,1-3H3;1H/t10-;/m1./s1. The predicted molar refractivity (Wildman–Crippen MR) is 83.5 cm³/mol. The monoisotopic (exact) mass is 415 g/mol. The Morgan fingerprint density at radius 1 is 1.37 bits per heavy atom.